The van der Waals surface area contributed by atoms with Crippen LogP contribution in [0.15, 0.2) is 65.6 Å². The number of sulfone groups is 1. The van der Waals surface area contributed by atoms with Crippen LogP contribution in [0.3, 0.4) is 0 Å². The molecule has 0 aliphatic heterocycles. The van der Waals surface area contributed by atoms with Crippen LogP contribution < -0.4 is 0 Å². The number of hydrogen-bond acceptors (Lipinski definition) is 5. The molecule has 2 aromatic rings. The third-order valence-corrected chi connectivity index (χ3v) is 5.26. The fraction of sp³-hybridized carbons (Fsp3) is 0.176. The van der Waals surface area contributed by atoms with Gasteiger partial charge in [0.1, 0.15) is 6.61 Å². The molecule has 0 bridgehead atoms. The summed E-state index contributed by atoms with van der Waals surface area (Å²) in [5.74, 6) is -1.84. The van der Waals surface area contributed by atoms with Crippen molar-refractivity contribution in [1.82, 2.24) is 0 Å². The second-order valence-electron chi connectivity index (χ2n) is 4.94. The first-order valence-electron chi connectivity index (χ1n) is 6.93. The lowest BCUT2D eigenvalue weighted by atomic mass is 10.2. The maximum atomic E-state index is 12.5. The van der Waals surface area contributed by atoms with Crippen molar-refractivity contribution in [3.63, 3.8) is 0 Å². The number of carbonyl (C=O) groups excluding carboxylic acids is 2. The van der Waals surface area contributed by atoms with E-state index in [4.69, 9.17) is 4.74 Å². The van der Waals surface area contributed by atoms with Gasteiger partial charge in [0, 0.05) is 0 Å². The Balaban J connectivity index is 2.21. The maximum absolute atomic E-state index is 12.5. The Hall–Kier alpha value is -2.47. The Morgan fingerprint density at radius 1 is 0.957 bits per heavy atom. The smallest absolute Gasteiger partial charge is 0.332 e. The van der Waals surface area contributed by atoms with Crippen molar-refractivity contribution < 1.29 is 22.7 Å². The summed E-state index contributed by atoms with van der Waals surface area (Å²) < 4.78 is 30.0. The molecular weight excluding hydrogens is 316 g/mol. The van der Waals surface area contributed by atoms with Crippen LogP contribution in [0.1, 0.15) is 12.5 Å². The SMILES string of the molecule is CC(=O)C(C(=O)OCc1ccccc1)S(=O)(=O)c1ccccc1. The van der Waals surface area contributed by atoms with E-state index in [-0.39, 0.29) is 11.5 Å². The van der Waals surface area contributed by atoms with Crippen molar-refractivity contribution in [3.05, 3.63) is 66.2 Å². The zero-order chi connectivity index (χ0) is 16.9. The molecule has 0 N–H and O–H groups in total. The highest BCUT2D eigenvalue weighted by molar-refractivity contribution is 7.93. The minimum Gasteiger partial charge on any atom is -0.460 e. The van der Waals surface area contributed by atoms with Crippen molar-refractivity contribution in [3.8, 4) is 0 Å². The van der Waals surface area contributed by atoms with Gasteiger partial charge < -0.3 is 4.74 Å². The van der Waals surface area contributed by atoms with Gasteiger partial charge in [-0.2, -0.15) is 0 Å². The van der Waals surface area contributed by atoms with E-state index in [1.54, 1.807) is 30.3 Å². The molecular formula is C17H16O5S. The molecule has 0 saturated heterocycles. The normalized spacial score (nSPS) is 12.4. The van der Waals surface area contributed by atoms with Crippen LogP contribution in [0.5, 0.6) is 0 Å². The van der Waals surface area contributed by atoms with E-state index >= 15 is 0 Å². The summed E-state index contributed by atoms with van der Waals surface area (Å²) in [7, 11) is -4.13. The van der Waals surface area contributed by atoms with Crippen LogP contribution in [0.25, 0.3) is 0 Å². The molecule has 0 radical (unpaired) electrons. The lowest BCUT2D eigenvalue weighted by molar-refractivity contribution is -0.146. The lowest BCUT2D eigenvalue weighted by Gasteiger charge is -2.14. The van der Waals surface area contributed by atoms with E-state index in [2.05, 4.69) is 0 Å². The zero-order valence-corrected chi connectivity index (χ0v) is 13.3. The maximum Gasteiger partial charge on any atom is 0.332 e. The van der Waals surface area contributed by atoms with Crippen molar-refractivity contribution >= 4 is 21.6 Å². The number of Topliss-reactive ketones (excluding diaryl/α,β-unsaturated/α-hetero) is 1. The van der Waals surface area contributed by atoms with Gasteiger partial charge in [-0.15, -0.1) is 0 Å². The summed E-state index contributed by atoms with van der Waals surface area (Å²) in [5.41, 5.74) is 0.709. The number of carbonyl (C=O) groups is 2. The van der Waals surface area contributed by atoms with E-state index in [9.17, 15) is 18.0 Å². The molecule has 120 valence electrons. The molecule has 6 heteroatoms. The van der Waals surface area contributed by atoms with Crippen molar-refractivity contribution in [2.24, 2.45) is 0 Å². The highest BCUT2D eigenvalue weighted by Gasteiger charge is 2.39. The summed E-state index contributed by atoms with van der Waals surface area (Å²) >= 11 is 0. The number of esters is 1. The van der Waals surface area contributed by atoms with Gasteiger partial charge in [0.25, 0.3) is 0 Å². The van der Waals surface area contributed by atoms with E-state index in [0.717, 1.165) is 6.92 Å². The summed E-state index contributed by atoms with van der Waals surface area (Å²) in [4.78, 5) is 23.8. The molecule has 2 aromatic carbocycles. The van der Waals surface area contributed by atoms with Crippen LogP contribution in [-0.2, 0) is 30.8 Å². The van der Waals surface area contributed by atoms with Gasteiger partial charge >= 0.3 is 5.97 Å². The second-order valence-corrected chi connectivity index (χ2v) is 6.97. The van der Waals surface area contributed by atoms with Crippen LogP contribution in [0.4, 0.5) is 0 Å². The minimum absolute atomic E-state index is 0.0862. The standard InChI is InChI=1S/C17H16O5S/c1-13(18)16(23(20,21)15-10-6-3-7-11-15)17(19)22-12-14-8-4-2-5-9-14/h2-11,16H,12H2,1H3. The highest BCUT2D eigenvalue weighted by Crippen LogP contribution is 2.18. The Kier molecular flexibility index (Phi) is 5.28. The largest absolute Gasteiger partial charge is 0.460 e. The first kappa shape index (κ1) is 16.9. The topological polar surface area (TPSA) is 77.5 Å². The van der Waals surface area contributed by atoms with Gasteiger partial charge in [-0.25, -0.2) is 8.42 Å². The second kappa shape index (κ2) is 7.19. The minimum atomic E-state index is -4.13. The molecule has 2 rings (SSSR count). The van der Waals surface area contributed by atoms with Crippen molar-refractivity contribution in [1.29, 1.82) is 0 Å². The molecule has 0 aliphatic rings. The van der Waals surface area contributed by atoms with Crippen molar-refractivity contribution in [2.45, 2.75) is 23.7 Å². The molecule has 0 heterocycles. The molecule has 0 saturated carbocycles. The first-order valence-corrected chi connectivity index (χ1v) is 8.47. The molecule has 23 heavy (non-hydrogen) atoms. The van der Waals surface area contributed by atoms with E-state index in [1.807, 2.05) is 6.07 Å². The number of hydrogen-bond donors (Lipinski definition) is 0. The molecule has 0 aromatic heterocycles. The number of ketones is 1. The van der Waals surface area contributed by atoms with Crippen molar-refractivity contribution in [2.75, 3.05) is 0 Å². The monoisotopic (exact) mass is 332 g/mol. The predicted octanol–water partition coefficient (Wildman–Crippen LogP) is 2.16. The van der Waals surface area contributed by atoms with E-state index < -0.39 is 26.8 Å². The molecule has 0 amide bonds. The average Bonchev–Trinajstić information content (AvgIpc) is 2.54. The molecule has 0 spiro atoms. The van der Waals surface area contributed by atoms with Crippen LogP contribution >= 0.6 is 0 Å². The predicted molar refractivity (Wildman–Crippen MR) is 84.3 cm³/mol. The average molecular weight is 332 g/mol. The number of benzene rings is 2. The molecule has 1 unspecified atom stereocenters. The van der Waals surface area contributed by atoms with Crippen LogP contribution in [-0.4, -0.2) is 25.4 Å². The van der Waals surface area contributed by atoms with Gasteiger partial charge in [0.05, 0.1) is 4.90 Å². The van der Waals surface area contributed by atoms with Gasteiger partial charge in [0.15, 0.2) is 15.6 Å². The third kappa shape index (κ3) is 4.04. The summed E-state index contributed by atoms with van der Waals surface area (Å²) in [5, 5.41) is -1.85. The summed E-state index contributed by atoms with van der Waals surface area (Å²) in [6, 6.07) is 16.2. The Bertz CT molecular complexity index is 782. The van der Waals surface area contributed by atoms with Gasteiger partial charge in [-0.05, 0) is 24.6 Å². The summed E-state index contributed by atoms with van der Waals surface area (Å²) in [6.07, 6.45) is 0. The quantitative estimate of drug-likeness (QED) is 0.598. The molecule has 0 aliphatic carbocycles. The molecule has 0 fully saturated rings. The van der Waals surface area contributed by atoms with Gasteiger partial charge in [0.2, 0.25) is 5.25 Å². The Morgan fingerprint density at radius 3 is 2.00 bits per heavy atom. The van der Waals surface area contributed by atoms with E-state index in [0.29, 0.717) is 5.56 Å². The fourth-order valence-electron chi connectivity index (χ4n) is 2.06. The molecule has 5 nitrogen and oxygen atoms in total. The number of ether oxygens (including phenoxy) is 1. The van der Waals surface area contributed by atoms with E-state index in [1.165, 1.54) is 24.3 Å². The number of rotatable bonds is 6. The zero-order valence-electron chi connectivity index (χ0n) is 12.5. The highest BCUT2D eigenvalue weighted by atomic mass is 32.2. The van der Waals surface area contributed by atoms with Crippen LogP contribution in [0.2, 0.25) is 0 Å². The Labute approximate surface area is 134 Å². The summed E-state index contributed by atoms with van der Waals surface area (Å²) in [6.45, 7) is 0.975. The first-order chi connectivity index (χ1) is 10.9. The third-order valence-electron chi connectivity index (χ3n) is 3.19. The van der Waals surface area contributed by atoms with Gasteiger partial charge in [-0.1, -0.05) is 48.5 Å². The van der Waals surface area contributed by atoms with Gasteiger partial charge in [-0.3, -0.25) is 9.59 Å². The van der Waals surface area contributed by atoms with Crippen LogP contribution in [0, 0.1) is 0 Å². The fourth-order valence-corrected chi connectivity index (χ4v) is 3.63. The molecule has 1 atom stereocenters. The lowest BCUT2D eigenvalue weighted by Crippen LogP contribution is -2.38. The Morgan fingerprint density at radius 2 is 1.48 bits per heavy atom.